The molecule has 1 atom stereocenters. The van der Waals surface area contributed by atoms with Crippen LogP contribution >= 0.6 is 11.6 Å². The lowest BCUT2D eigenvalue weighted by Crippen LogP contribution is -2.37. The van der Waals surface area contributed by atoms with Gasteiger partial charge >= 0.3 is 6.09 Å². The standard InChI is InChI=1S/C31H27ClN4O3/c1-2-26(29-34-36-27(16-17-28(36)32)30(37)35(29)18-20-10-4-3-5-11-20)33-31(38)39-19-25-23-14-8-6-12-21(23)22-13-7-9-15-24(22)25/h3-17,25-26H,2,18-19H2,1H3,(H,33,38). The molecule has 0 saturated heterocycles. The first-order chi connectivity index (χ1) is 19.0. The minimum absolute atomic E-state index is 0.0485. The molecule has 3 aromatic carbocycles. The van der Waals surface area contributed by atoms with E-state index >= 15 is 0 Å². The summed E-state index contributed by atoms with van der Waals surface area (Å²) < 4.78 is 8.80. The molecule has 1 N–H and O–H groups in total. The number of fused-ring (bicyclic) bond motifs is 4. The topological polar surface area (TPSA) is 77.6 Å². The van der Waals surface area contributed by atoms with Gasteiger partial charge in [0.1, 0.15) is 17.3 Å². The van der Waals surface area contributed by atoms with Crippen LogP contribution < -0.4 is 10.9 Å². The minimum Gasteiger partial charge on any atom is -0.449 e. The number of nitrogens with one attached hydrogen (secondary N) is 1. The predicted molar refractivity (Wildman–Crippen MR) is 151 cm³/mol. The zero-order chi connectivity index (χ0) is 26.9. The van der Waals surface area contributed by atoms with Crippen molar-refractivity contribution in [2.45, 2.75) is 31.8 Å². The number of alkyl carbamates (subject to hydrolysis) is 1. The summed E-state index contributed by atoms with van der Waals surface area (Å²) in [6.07, 6.45) is -0.0709. The second-order valence-corrected chi connectivity index (χ2v) is 10.0. The second kappa shape index (κ2) is 10.4. The lowest BCUT2D eigenvalue weighted by molar-refractivity contribution is 0.138. The van der Waals surface area contributed by atoms with Crippen molar-refractivity contribution in [1.82, 2.24) is 19.5 Å². The van der Waals surface area contributed by atoms with Gasteiger partial charge in [-0.1, -0.05) is 97.4 Å². The zero-order valence-electron chi connectivity index (χ0n) is 21.4. The highest BCUT2D eigenvalue weighted by molar-refractivity contribution is 6.29. The first-order valence-corrected chi connectivity index (χ1v) is 13.4. The fraction of sp³-hybridized carbons (Fsp3) is 0.194. The molecule has 0 spiro atoms. The number of benzene rings is 3. The summed E-state index contributed by atoms with van der Waals surface area (Å²) in [5.74, 6) is 0.359. The first-order valence-electron chi connectivity index (χ1n) is 13.0. The van der Waals surface area contributed by atoms with Gasteiger partial charge < -0.3 is 10.1 Å². The van der Waals surface area contributed by atoms with E-state index in [1.807, 2.05) is 61.5 Å². The Balaban J connectivity index is 1.27. The smallest absolute Gasteiger partial charge is 0.407 e. The van der Waals surface area contributed by atoms with E-state index in [-0.39, 0.29) is 18.1 Å². The summed E-state index contributed by atoms with van der Waals surface area (Å²) in [5.41, 5.74) is 5.70. The number of carbonyl (C=O) groups is 1. The van der Waals surface area contributed by atoms with Gasteiger partial charge in [-0.2, -0.15) is 5.10 Å². The van der Waals surface area contributed by atoms with Crippen LogP contribution in [0.3, 0.4) is 0 Å². The van der Waals surface area contributed by atoms with Crippen molar-refractivity contribution in [1.29, 1.82) is 0 Å². The quantitative estimate of drug-likeness (QED) is 0.268. The number of amides is 1. The number of halogens is 1. The SMILES string of the molecule is CCC(NC(=O)OCC1c2ccccc2-c2ccccc21)c1nn2c(Cl)ccc2c(=O)n1Cc1ccccc1. The Bertz CT molecular complexity index is 1680. The van der Waals surface area contributed by atoms with Crippen LogP contribution in [-0.2, 0) is 11.3 Å². The minimum atomic E-state index is -0.570. The van der Waals surface area contributed by atoms with Crippen LogP contribution in [0.4, 0.5) is 4.79 Å². The van der Waals surface area contributed by atoms with E-state index in [4.69, 9.17) is 21.4 Å². The molecule has 0 bridgehead atoms. The van der Waals surface area contributed by atoms with Crippen molar-refractivity contribution in [2.75, 3.05) is 6.61 Å². The molecule has 1 unspecified atom stereocenters. The highest BCUT2D eigenvalue weighted by atomic mass is 35.5. The van der Waals surface area contributed by atoms with Crippen molar-refractivity contribution in [2.24, 2.45) is 0 Å². The summed E-state index contributed by atoms with van der Waals surface area (Å²) in [6, 6.07) is 28.8. The maximum absolute atomic E-state index is 13.5. The molecule has 2 aromatic heterocycles. The molecule has 0 saturated carbocycles. The lowest BCUT2D eigenvalue weighted by Gasteiger charge is -2.22. The molecule has 7 nitrogen and oxygen atoms in total. The van der Waals surface area contributed by atoms with E-state index in [0.717, 1.165) is 16.7 Å². The Morgan fingerprint density at radius 2 is 1.59 bits per heavy atom. The Morgan fingerprint density at radius 1 is 0.949 bits per heavy atom. The third-order valence-corrected chi connectivity index (χ3v) is 7.58. The molecular weight excluding hydrogens is 512 g/mol. The molecule has 0 fully saturated rings. The molecule has 39 heavy (non-hydrogen) atoms. The fourth-order valence-electron chi connectivity index (χ4n) is 5.37. The molecule has 8 heteroatoms. The van der Waals surface area contributed by atoms with Crippen molar-refractivity contribution in [3.05, 3.63) is 129 Å². The third kappa shape index (κ3) is 4.59. The molecule has 0 aliphatic heterocycles. The van der Waals surface area contributed by atoms with Gasteiger partial charge in [-0.25, -0.2) is 9.31 Å². The van der Waals surface area contributed by atoms with Crippen LogP contribution in [0.25, 0.3) is 16.6 Å². The number of ether oxygens (including phenoxy) is 1. The molecule has 1 amide bonds. The third-order valence-electron chi connectivity index (χ3n) is 7.29. The van der Waals surface area contributed by atoms with E-state index < -0.39 is 12.1 Å². The summed E-state index contributed by atoms with van der Waals surface area (Å²) in [6.45, 7) is 2.43. The Morgan fingerprint density at radius 3 is 2.26 bits per heavy atom. The number of aromatic nitrogens is 3. The van der Waals surface area contributed by atoms with Crippen LogP contribution in [0.5, 0.6) is 0 Å². The van der Waals surface area contributed by atoms with Gasteiger partial charge in [0, 0.05) is 5.92 Å². The van der Waals surface area contributed by atoms with E-state index in [1.54, 1.807) is 16.7 Å². The van der Waals surface area contributed by atoms with Crippen molar-refractivity contribution in [3.63, 3.8) is 0 Å². The van der Waals surface area contributed by atoms with E-state index in [1.165, 1.54) is 15.6 Å². The number of rotatable bonds is 7. The molecule has 2 heterocycles. The van der Waals surface area contributed by atoms with Crippen LogP contribution in [0.2, 0.25) is 5.15 Å². The zero-order valence-corrected chi connectivity index (χ0v) is 22.1. The van der Waals surface area contributed by atoms with Gasteiger partial charge in [-0.15, -0.1) is 0 Å². The van der Waals surface area contributed by atoms with E-state index in [0.29, 0.717) is 29.5 Å². The van der Waals surface area contributed by atoms with E-state index in [2.05, 4.69) is 29.6 Å². The molecule has 1 aliphatic carbocycles. The number of hydrogen-bond acceptors (Lipinski definition) is 4. The predicted octanol–water partition coefficient (Wildman–Crippen LogP) is 6.19. The fourth-order valence-corrected chi connectivity index (χ4v) is 5.57. The Kier molecular flexibility index (Phi) is 6.67. The summed E-state index contributed by atoms with van der Waals surface area (Å²) in [7, 11) is 0. The first kappa shape index (κ1) is 24.9. The highest BCUT2D eigenvalue weighted by Gasteiger charge is 2.30. The van der Waals surface area contributed by atoms with Gasteiger partial charge in [0.15, 0.2) is 5.82 Å². The van der Waals surface area contributed by atoms with Crippen molar-refractivity contribution >= 4 is 23.2 Å². The number of carbonyl (C=O) groups excluding carboxylic acids is 1. The number of hydrogen-bond donors (Lipinski definition) is 1. The largest absolute Gasteiger partial charge is 0.449 e. The molecule has 1 aliphatic rings. The monoisotopic (exact) mass is 538 g/mol. The normalized spacial score (nSPS) is 13.2. The van der Waals surface area contributed by atoms with Gasteiger partial charge in [-0.3, -0.25) is 9.36 Å². The van der Waals surface area contributed by atoms with Gasteiger partial charge in [0.2, 0.25) is 0 Å². The molecule has 0 radical (unpaired) electrons. The average Bonchev–Trinajstić information content (AvgIpc) is 3.50. The maximum atomic E-state index is 13.5. The van der Waals surface area contributed by atoms with Crippen LogP contribution in [0.15, 0.2) is 95.8 Å². The summed E-state index contributed by atoms with van der Waals surface area (Å²) in [4.78, 5) is 26.6. The van der Waals surface area contributed by atoms with Crippen LogP contribution in [-0.4, -0.2) is 26.9 Å². The van der Waals surface area contributed by atoms with E-state index in [9.17, 15) is 9.59 Å². The molecule has 5 aromatic rings. The maximum Gasteiger partial charge on any atom is 0.407 e. The molecular formula is C31H27ClN4O3. The summed E-state index contributed by atoms with van der Waals surface area (Å²) in [5, 5.41) is 7.96. The summed E-state index contributed by atoms with van der Waals surface area (Å²) >= 11 is 6.33. The van der Waals surface area contributed by atoms with Crippen molar-refractivity contribution < 1.29 is 9.53 Å². The van der Waals surface area contributed by atoms with Gasteiger partial charge in [0.05, 0.1) is 12.6 Å². The van der Waals surface area contributed by atoms with Crippen LogP contribution in [0.1, 0.15) is 47.8 Å². The van der Waals surface area contributed by atoms with Gasteiger partial charge in [0.25, 0.3) is 5.56 Å². The van der Waals surface area contributed by atoms with Gasteiger partial charge in [-0.05, 0) is 46.4 Å². The molecule has 196 valence electrons. The van der Waals surface area contributed by atoms with Crippen LogP contribution in [0, 0.1) is 0 Å². The van der Waals surface area contributed by atoms with Crippen molar-refractivity contribution in [3.8, 4) is 11.1 Å². The Hall–Kier alpha value is -4.36. The Labute approximate surface area is 230 Å². The molecule has 6 rings (SSSR count). The second-order valence-electron chi connectivity index (χ2n) is 9.62. The number of nitrogens with zero attached hydrogens (tertiary/aromatic N) is 3. The average molecular weight is 539 g/mol. The highest BCUT2D eigenvalue weighted by Crippen LogP contribution is 2.44. The lowest BCUT2D eigenvalue weighted by atomic mass is 9.98.